The number of alkyl carbamates (subject to hydrolysis) is 1. The number of amides is 1. The van der Waals surface area contributed by atoms with Crippen LogP contribution >= 0.6 is 11.6 Å². The number of carboxylic acids is 1. The first-order valence-corrected chi connectivity index (χ1v) is 6.15. The summed E-state index contributed by atoms with van der Waals surface area (Å²) >= 11 is 5.63. The molecule has 0 fully saturated rings. The number of hydrogen-bond donors (Lipinski definition) is 2. The zero-order valence-electron chi connectivity index (χ0n) is 11.0. The molecule has 0 unspecified atom stereocenters. The van der Waals surface area contributed by atoms with E-state index in [1.807, 2.05) is 0 Å². The van der Waals surface area contributed by atoms with Crippen molar-refractivity contribution in [3.8, 4) is 0 Å². The summed E-state index contributed by atoms with van der Waals surface area (Å²) in [5, 5.41) is 15.1. The van der Waals surface area contributed by atoms with Crippen LogP contribution < -0.4 is 5.32 Å². The summed E-state index contributed by atoms with van der Waals surface area (Å²) in [6.45, 7) is 5.07. The fourth-order valence-corrected chi connectivity index (χ4v) is 1.67. The van der Waals surface area contributed by atoms with Gasteiger partial charge in [-0.05, 0) is 20.8 Å². The number of oxime groups is 1. The molecule has 0 aromatic carbocycles. The monoisotopic (exact) mass is 292 g/mol. The van der Waals surface area contributed by atoms with Crippen molar-refractivity contribution >= 4 is 28.8 Å². The molecule has 0 aromatic heterocycles. The second-order valence-electron chi connectivity index (χ2n) is 5.17. The molecular weight excluding hydrogens is 276 g/mol. The van der Waals surface area contributed by atoms with Gasteiger partial charge >= 0.3 is 12.1 Å². The van der Waals surface area contributed by atoms with Crippen molar-refractivity contribution in [3.63, 3.8) is 0 Å². The molecule has 0 bridgehead atoms. The van der Waals surface area contributed by atoms with Crippen molar-refractivity contribution in [2.45, 2.75) is 51.4 Å². The first-order valence-electron chi connectivity index (χ1n) is 5.78. The van der Waals surface area contributed by atoms with Gasteiger partial charge in [0.05, 0.1) is 0 Å². The molecule has 0 spiro atoms. The molecule has 7 nitrogen and oxygen atoms in total. The molecule has 0 saturated heterocycles. The Morgan fingerprint density at radius 1 is 1.63 bits per heavy atom. The molecule has 1 aliphatic heterocycles. The molecule has 0 aliphatic carbocycles. The highest BCUT2D eigenvalue weighted by molar-refractivity contribution is 6.65. The first-order chi connectivity index (χ1) is 8.67. The van der Waals surface area contributed by atoms with Gasteiger partial charge in [-0.25, -0.2) is 9.59 Å². The fraction of sp³-hybridized carbons (Fsp3) is 0.727. The second kappa shape index (κ2) is 6.10. The zero-order valence-corrected chi connectivity index (χ0v) is 11.7. The van der Waals surface area contributed by atoms with Gasteiger partial charge in [0, 0.05) is 12.8 Å². The van der Waals surface area contributed by atoms with E-state index in [0.717, 1.165) is 0 Å². The Hall–Kier alpha value is -1.50. The van der Waals surface area contributed by atoms with Crippen LogP contribution in [0.4, 0.5) is 4.79 Å². The van der Waals surface area contributed by atoms with Crippen LogP contribution in [-0.2, 0) is 14.4 Å². The van der Waals surface area contributed by atoms with Crippen molar-refractivity contribution in [2.24, 2.45) is 5.16 Å². The lowest BCUT2D eigenvalue weighted by Crippen LogP contribution is -2.45. The minimum Gasteiger partial charge on any atom is -0.480 e. The summed E-state index contributed by atoms with van der Waals surface area (Å²) in [7, 11) is 0. The third-order valence-corrected chi connectivity index (χ3v) is 2.41. The van der Waals surface area contributed by atoms with E-state index in [4.69, 9.17) is 26.3 Å². The van der Waals surface area contributed by atoms with Gasteiger partial charge in [-0.3, -0.25) is 0 Å². The highest BCUT2D eigenvalue weighted by atomic mass is 35.5. The maximum Gasteiger partial charge on any atom is 0.408 e. The predicted octanol–water partition coefficient (Wildman–Crippen LogP) is 1.70. The summed E-state index contributed by atoms with van der Waals surface area (Å²) in [5.74, 6) is -1.17. The standard InChI is InChI=1S/C11H17ClN2O5/c1-11(2,3)18-10(17)13-7(9(15)16)4-6-5-8(12)14-19-6/h6-7H,4-5H2,1-3H3,(H,13,17)(H,15,16)/t6-,7+/m0/s1. The van der Waals surface area contributed by atoms with E-state index in [1.54, 1.807) is 20.8 Å². The number of halogens is 1. The lowest BCUT2D eigenvalue weighted by Gasteiger charge is -2.22. The van der Waals surface area contributed by atoms with Crippen molar-refractivity contribution in [2.75, 3.05) is 0 Å². The van der Waals surface area contributed by atoms with Gasteiger partial charge in [-0.2, -0.15) is 0 Å². The van der Waals surface area contributed by atoms with E-state index in [0.29, 0.717) is 6.42 Å². The van der Waals surface area contributed by atoms with Gasteiger partial charge in [-0.15, -0.1) is 0 Å². The van der Waals surface area contributed by atoms with E-state index in [9.17, 15) is 9.59 Å². The third-order valence-electron chi connectivity index (χ3n) is 2.18. The molecule has 0 radical (unpaired) electrons. The Morgan fingerprint density at radius 2 is 2.26 bits per heavy atom. The summed E-state index contributed by atoms with van der Waals surface area (Å²) in [6, 6.07) is -1.11. The van der Waals surface area contributed by atoms with Gasteiger partial charge in [0.2, 0.25) is 0 Å². The fourth-order valence-electron chi connectivity index (χ4n) is 1.45. The number of nitrogens with zero attached hydrogens (tertiary/aromatic N) is 1. The van der Waals surface area contributed by atoms with Crippen molar-refractivity contribution in [3.05, 3.63) is 0 Å². The minimum absolute atomic E-state index is 0.0638. The Balaban J connectivity index is 2.50. The van der Waals surface area contributed by atoms with E-state index >= 15 is 0 Å². The Bertz CT molecular complexity index is 391. The van der Waals surface area contributed by atoms with E-state index in [2.05, 4.69) is 10.5 Å². The maximum absolute atomic E-state index is 11.5. The highest BCUT2D eigenvalue weighted by Crippen LogP contribution is 2.18. The lowest BCUT2D eigenvalue weighted by atomic mass is 10.1. The summed E-state index contributed by atoms with van der Waals surface area (Å²) in [5.41, 5.74) is -0.691. The van der Waals surface area contributed by atoms with Crippen LogP contribution in [0.1, 0.15) is 33.6 Å². The topological polar surface area (TPSA) is 97.2 Å². The summed E-state index contributed by atoms with van der Waals surface area (Å²) in [4.78, 5) is 27.5. The van der Waals surface area contributed by atoms with E-state index in [1.165, 1.54) is 0 Å². The Kier molecular flexibility index (Phi) is 4.99. The largest absolute Gasteiger partial charge is 0.480 e. The van der Waals surface area contributed by atoms with Gasteiger partial charge in [0.1, 0.15) is 22.9 Å². The average molecular weight is 293 g/mol. The first kappa shape index (κ1) is 15.6. The third kappa shape index (κ3) is 5.78. The van der Waals surface area contributed by atoms with Crippen LogP contribution in [0.3, 0.4) is 0 Å². The van der Waals surface area contributed by atoms with Crippen LogP contribution in [0.2, 0.25) is 0 Å². The predicted molar refractivity (Wildman–Crippen MR) is 68.2 cm³/mol. The number of aliphatic carboxylic acids is 1. The molecule has 2 N–H and O–H groups in total. The van der Waals surface area contributed by atoms with Crippen LogP contribution in [0.25, 0.3) is 0 Å². The summed E-state index contributed by atoms with van der Waals surface area (Å²) in [6.07, 6.45) is -0.844. The number of carbonyl (C=O) groups is 2. The number of hydrogen-bond acceptors (Lipinski definition) is 5. The second-order valence-corrected chi connectivity index (χ2v) is 5.61. The molecule has 108 valence electrons. The molecule has 1 heterocycles. The summed E-state index contributed by atoms with van der Waals surface area (Å²) < 4.78 is 5.00. The molecule has 1 amide bonds. The maximum atomic E-state index is 11.5. The van der Waals surface area contributed by atoms with E-state index in [-0.39, 0.29) is 11.6 Å². The molecule has 8 heteroatoms. The molecule has 1 aliphatic rings. The number of ether oxygens (including phenoxy) is 1. The molecule has 2 atom stereocenters. The van der Waals surface area contributed by atoms with Crippen LogP contribution in [-0.4, -0.2) is 40.1 Å². The minimum atomic E-state index is -1.17. The highest BCUT2D eigenvalue weighted by Gasteiger charge is 2.30. The van der Waals surface area contributed by atoms with E-state index < -0.39 is 29.8 Å². The van der Waals surface area contributed by atoms with Crippen LogP contribution in [0.15, 0.2) is 5.16 Å². The average Bonchev–Trinajstić information content (AvgIpc) is 2.60. The SMILES string of the molecule is CC(C)(C)OC(=O)N[C@H](C[C@H]1CC(Cl)=NO1)C(=O)O. The molecular formula is C11H17ClN2O5. The van der Waals surface area contributed by atoms with Crippen molar-refractivity contribution in [1.29, 1.82) is 0 Å². The lowest BCUT2D eigenvalue weighted by molar-refractivity contribution is -0.140. The Morgan fingerprint density at radius 3 is 2.68 bits per heavy atom. The van der Waals surface area contributed by atoms with Crippen molar-refractivity contribution in [1.82, 2.24) is 5.32 Å². The number of nitrogens with one attached hydrogen (secondary N) is 1. The smallest absolute Gasteiger partial charge is 0.408 e. The number of carbonyl (C=O) groups excluding carboxylic acids is 1. The van der Waals surface area contributed by atoms with Crippen molar-refractivity contribution < 1.29 is 24.3 Å². The normalized spacial score (nSPS) is 20.2. The molecule has 1 rings (SSSR count). The van der Waals surface area contributed by atoms with Gasteiger partial charge in [-0.1, -0.05) is 16.8 Å². The Labute approximate surface area is 115 Å². The zero-order chi connectivity index (χ0) is 14.6. The van der Waals surface area contributed by atoms with Gasteiger partial charge in [0.25, 0.3) is 0 Å². The van der Waals surface area contributed by atoms with Crippen LogP contribution in [0.5, 0.6) is 0 Å². The molecule has 19 heavy (non-hydrogen) atoms. The van der Waals surface area contributed by atoms with Gasteiger partial charge in [0.15, 0.2) is 0 Å². The quantitative estimate of drug-likeness (QED) is 0.822. The van der Waals surface area contributed by atoms with Crippen LogP contribution in [0, 0.1) is 0 Å². The molecule has 0 aromatic rings. The number of carboxylic acid groups (broad SMARTS) is 1. The van der Waals surface area contributed by atoms with Gasteiger partial charge < -0.3 is 20.0 Å². The number of rotatable bonds is 4. The molecule has 0 saturated carbocycles.